The summed E-state index contributed by atoms with van der Waals surface area (Å²) in [5.74, 6) is 0.499. The molecule has 0 aliphatic carbocycles. The zero-order valence-corrected chi connectivity index (χ0v) is 25.8. The number of ether oxygens (including phenoxy) is 3. The van der Waals surface area contributed by atoms with Gasteiger partial charge in [0, 0.05) is 35.8 Å². The molecule has 0 saturated carbocycles. The Morgan fingerprint density at radius 2 is 1.54 bits per heavy atom. The maximum Gasteiger partial charge on any atom is 0.291 e. The Kier molecular flexibility index (Phi) is 10.1. The smallest absolute Gasteiger partial charge is 0.291 e. The molecular weight excluding hydrogens is 614 g/mol. The van der Waals surface area contributed by atoms with Crippen molar-refractivity contribution in [3.63, 3.8) is 0 Å². The van der Waals surface area contributed by atoms with Crippen LogP contribution in [0.4, 0.5) is 17.1 Å². The van der Waals surface area contributed by atoms with Crippen LogP contribution in [0, 0.1) is 0 Å². The molecule has 15 heteroatoms. The van der Waals surface area contributed by atoms with E-state index in [0.29, 0.717) is 39.4 Å². The molecule has 0 saturated heterocycles. The summed E-state index contributed by atoms with van der Waals surface area (Å²) in [6.07, 6.45) is 4.61. The van der Waals surface area contributed by atoms with Crippen LogP contribution in [0.25, 0.3) is 11.4 Å². The molecule has 0 unspecified atom stereocenters. The van der Waals surface area contributed by atoms with Gasteiger partial charge in [-0.1, -0.05) is 11.8 Å². The number of benzene rings is 2. The SMILES string of the molecule is COc1ccc(NC(=O)CSc2nc(-c3ccncc3)nn2CC(=O)Nc2cc(OC)c(NC(=O)c3ccco3)cc2OC)cc1. The summed E-state index contributed by atoms with van der Waals surface area (Å²) >= 11 is 1.13. The van der Waals surface area contributed by atoms with Gasteiger partial charge in [-0.2, -0.15) is 0 Å². The van der Waals surface area contributed by atoms with E-state index in [9.17, 15) is 14.4 Å². The van der Waals surface area contributed by atoms with Crippen LogP contribution < -0.4 is 30.2 Å². The van der Waals surface area contributed by atoms with Gasteiger partial charge in [0.1, 0.15) is 23.8 Å². The van der Waals surface area contributed by atoms with E-state index in [4.69, 9.17) is 18.6 Å². The minimum absolute atomic E-state index is 0.0122. The van der Waals surface area contributed by atoms with Gasteiger partial charge in [0.15, 0.2) is 16.7 Å². The van der Waals surface area contributed by atoms with Gasteiger partial charge in [-0.05, 0) is 48.5 Å². The molecule has 3 N–H and O–H groups in total. The highest BCUT2D eigenvalue weighted by molar-refractivity contribution is 7.99. The molecule has 0 aliphatic heterocycles. The molecule has 3 heterocycles. The summed E-state index contributed by atoms with van der Waals surface area (Å²) in [5, 5.41) is 13.2. The van der Waals surface area contributed by atoms with Gasteiger partial charge in [0.2, 0.25) is 11.8 Å². The van der Waals surface area contributed by atoms with Crippen LogP contribution in [0.2, 0.25) is 0 Å². The lowest BCUT2D eigenvalue weighted by atomic mass is 10.2. The summed E-state index contributed by atoms with van der Waals surface area (Å²) < 4.78 is 22.6. The molecule has 14 nitrogen and oxygen atoms in total. The average Bonchev–Trinajstić information content (AvgIpc) is 3.76. The fourth-order valence-corrected chi connectivity index (χ4v) is 4.91. The van der Waals surface area contributed by atoms with Crippen molar-refractivity contribution in [1.82, 2.24) is 19.7 Å². The Morgan fingerprint density at radius 1 is 0.848 bits per heavy atom. The number of carbonyl (C=O) groups is 3. The number of hydrogen-bond acceptors (Lipinski definition) is 11. The summed E-state index contributed by atoms with van der Waals surface area (Å²) in [6.45, 7) is -0.233. The van der Waals surface area contributed by atoms with Crippen molar-refractivity contribution in [3.05, 3.63) is 85.1 Å². The molecular formula is C31H29N7O7S. The van der Waals surface area contributed by atoms with Crippen molar-refractivity contribution in [2.75, 3.05) is 43.0 Å². The third-order valence-corrected chi connectivity index (χ3v) is 7.33. The minimum atomic E-state index is -0.485. The highest BCUT2D eigenvalue weighted by atomic mass is 32.2. The number of amides is 3. The fraction of sp³-hybridized carbons (Fsp3) is 0.161. The Bertz CT molecular complexity index is 1810. The third kappa shape index (κ3) is 7.81. The van der Waals surface area contributed by atoms with Crippen LogP contribution >= 0.6 is 11.8 Å². The fourth-order valence-electron chi connectivity index (χ4n) is 4.17. The van der Waals surface area contributed by atoms with E-state index in [1.165, 1.54) is 43.4 Å². The molecule has 0 atom stereocenters. The number of methoxy groups -OCH3 is 3. The van der Waals surface area contributed by atoms with Crippen LogP contribution in [0.15, 0.2) is 88.9 Å². The first-order valence-corrected chi connectivity index (χ1v) is 14.7. The van der Waals surface area contributed by atoms with Crippen LogP contribution in [0.1, 0.15) is 10.6 Å². The molecule has 236 valence electrons. The number of nitrogens with one attached hydrogen (secondary N) is 3. The van der Waals surface area contributed by atoms with Crippen molar-refractivity contribution in [2.45, 2.75) is 11.7 Å². The van der Waals surface area contributed by atoms with E-state index in [-0.39, 0.29) is 35.5 Å². The molecule has 2 aromatic carbocycles. The molecule has 0 bridgehead atoms. The number of furan rings is 1. The topological polar surface area (TPSA) is 172 Å². The first-order valence-electron chi connectivity index (χ1n) is 13.7. The van der Waals surface area contributed by atoms with Crippen molar-refractivity contribution in [3.8, 4) is 28.6 Å². The van der Waals surface area contributed by atoms with Gasteiger partial charge in [-0.25, -0.2) is 9.67 Å². The number of hydrogen-bond donors (Lipinski definition) is 3. The van der Waals surface area contributed by atoms with E-state index in [2.05, 4.69) is 31.0 Å². The maximum atomic E-state index is 13.3. The predicted octanol–water partition coefficient (Wildman–Crippen LogP) is 4.58. The molecule has 0 radical (unpaired) electrons. The molecule has 0 spiro atoms. The molecule has 0 fully saturated rings. The normalized spacial score (nSPS) is 10.6. The quantitative estimate of drug-likeness (QED) is 0.153. The van der Waals surface area contributed by atoms with Crippen molar-refractivity contribution in [2.24, 2.45) is 0 Å². The van der Waals surface area contributed by atoms with Crippen LogP contribution in [0.3, 0.4) is 0 Å². The highest BCUT2D eigenvalue weighted by Crippen LogP contribution is 2.37. The number of pyridine rings is 1. The second-order valence-corrected chi connectivity index (χ2v) is 10.4. The number of rotatable bonds is 13. The largest absolute Gasteiger partial charge is 0.497 e. The maximum absolute atomic E-state index is 13.3. The van der Waals surface area contributed by atoms with E-state index >= 15 is 0 Å². The first-order chi connectivity index (χ1) is 22.4. The number of nitrogens with zero attached hydrogens (tertiary/aromatic N) is 4. The van der Waals surface area contributed by atoms with E-state index < -0.39 is 11.8 Å². The van der Waals surface area contributed by atoms with Gasteiger partial charge in [-0.15, -0.1) is 5.10 Å². The van der Waals surface area contributed by atoms with Gasteiger partial charge in [0.25, 0.3) is 5.91 Å². The van der Waals surface area contributed by atoms with E-state index in [0.717, 1.165) is 11.8 Å². The van der Waals surface area contributed by atoms with Gasteiger partial charge in [-0.3, -0.25) is 19.4 Å². The zero-order valence-electron chi connectivity index (χ0n) is 25.0. The standard InChI is InChI=1S/C31H29N7O7S/c1-42-21-8-6-20(7-9-21)33-28(40)18-46-31-36-29(19-10-12-32-13-11-19)37-38(31)17-27(39)34-22-15-26(44-3)23(16-25(22)43-2)35-30(41)24-5-4-14-45-24/h4-16H,17-18H2,1-3H3,(H,33,40)(H,34,39)(H,35,41). The first kappa shape index (κ1) is 31.6. The Labute approximate surface area is 267 Å². The summed E-state index contributed by atoms with van der Waals surface area (Å²) in [5.41, 5.74) is 1.91. The number of carbonyl (C=O) groups excluding carboxylic acids is 3. The lowest BCUT2D eigenvalue weighted by Crippen LogP contribution is -2.21. The predicted molar refractivity (Wildman–Crippen MR) is 170 cm³/mol. The minimum Gasteiger partial charge on any atom is -0.497 e. The Morgan fingerprint density at radius 3 is 2.17 bits per heavy atom. The van der Waals surface area contributed by atoms with Crippen LogP contribution in [-0.2, 0) is 16.1 Å². The summed E-state index contributed by atoms with van der Waals surface area (Å²) in [4.78, 5) is 47.2. The lowest BCUT2D eigenvalue weighted by Gasteiger charge is -2.16. The van der Waals surface area contributed by atoms with Crippen LogP contribution in [0.5, 0.6) is 17.2 Å². The van der Waals surface area contributed by atoms with Gasteiger partial charge >= 0.3 is 0 Å². The second-order valence-electron chi connectivity index (χ2n) is 9.41. The molecule has 5 rings (SSSR count). The van der Waals surface area contributed by atoms with Gasteiger partial charge in [0.05, 0.1) is 44.7 Å². The average molecular weight is 644 g/mol. The second kappa shape index (κ2) is 14.8. The van der Waals surface area contributed by atoms with E-state index in [1.807, 2.05) is 0 Å². The van der Waals surface area contributed by atoms with Crippen molar-refractivity contribution in [1.29, 1.82) is 0 Å². The number of aromatic nitrogens is 4. The summed E-state index contributed by atoms with van der Waals surface area (Å²) in [6, 6.07) is 16.6. The molecule has 3 amide bonds. The third-order valence-electron chi connectivity index (χ3n) is 6.36. The number of thioether (sulfide) groups is 1. The highest BCUT2D eigenvalue weighted by Gasteiger charge is 2.20. The lowest BCUT2D eigenvalue weighted by molar-refractivity contribution is -0.117. The van der Waals surface area contributed by atoms with Crippen LogP contribution in [-0.4, -0.2) is 64.6 Å². The van der Waals surface area contributed by atoms with Crippen molar-refractivity contribution >= 4 is 46.5 Å². The Hall–Kier alpha value is -5.83. The molecule has 0 aliphatic rings. The molecule has 5 aromatic rings. The molecule has 3 aromatic heterocycles. The summed E-state index contributed by atoms with van der Waals surface area (Å²) in [7, 11) is 4.43. The van der Waals surface area contributed by atoms with Gasteiger partial charge < -0.3 is 34.6 Å². The van der Waals surface area contributed by atoms with E-state index in [1.54, 1.807) is 62.0 Å². The number of anilines is 3. The Balaban J connectivity index is 1.31. The van der Waals surface area contributed by atoms with Crippen molar-refractivity contribution < 1.29 is 33.0 Å². The zero-order chi connectivity index (χ0) is 32.5. The molecule has 46 heavy (non-hydrogen) atoms. The monoisotopic (exact) mass is 643 g/mol.